The molecule has 92 valence electrons. The summed E-state index contributed by atoms with van der Waals surface area (Å²) >= 11 is 2.02. The van der Waals surface area contributed by atoms with Crippen LogP contribution in [-0.2, 0) is 0 Å². The van der Waals surface area contributed by atoms with Crippen molar-refractivity contribution in [1.82, 2.24) is 0 Å². The van der Waals surface area contributed by atoms with E-state index in [1.807, 2.05) is 11.8 Å². The number of hydrogen-bond donors (Lipinski definition) is 1. The molecule has 17 heavy (non-hydrogen) atoms. The fraction of sp³-hybridized carbons (Fsp3) is 0.600. The highest BCUT2D eigenvalue weighted by Gasteiger charge is 2.42. The second-order valence-electron chi connectivity index (χ2n) is 5.88. The number of benzene rings is 1. The van der Waals surface area contributed by atoms with E-state index in [1.165, 1.54) is 29.9 Å². The van der Waals surface area contributed by atoms with Gasteiger partial charge in [-0.1, -0.05) is 25.1 Å². The third-order valence-electron chi connectivity index (χ3n) is 4.54. The van der Waals surface area contributed by atoms with Crippen LogP contribution in [0.4, 0.5) is 0 Å². The highest BCUT2D eigenvalue weighted by Crippen LogP contribution is 2.52. The van der Waals surface area contributed by atoms with Crippen molar-refractivity contribution in [3.8, 4) is 0 Å². The molecule has 0 amide bonds. The number of fused-ring (bicyclic) bond motifs is 1. The molecule has 1 aliphatic carbocycles. The van der Waals surface area contributed by atoms with E-state index in [0.29, 0.717) is 5.41 Å². The zero-order valence-corrected chi connectivity index (χ0v) is 11.3. The summed E-state index contributed by atoms with van der Waals surface area (Å²) < 4.78 is 0. The van der Waals surface area contributed by atoms with E-state index < -0.39 is 0 Å². The van der Waals surface area contributed by atoms with Crippen LogP contribution in [0.15, 0.2) is 29.2 Å². The molecular weight excluding hydrogens is 226 g/mol. The predicted octanol–water partition coefficient (Wildman–Crippen LogP) is 3.64. The Morgan fingerprint density at radius 3 is 2.82 bits per heavy atom. The van der Waals surface area contributed by atoms with E-state index >= 15 is 0 Å². The third kappa shape index (κ3) is 2.13. The van der Waals surface area contributed by atoms with Gasteiger partial charge in [0.25, 0.3) is 0 Å². The molecule has 0 spiro atoms. The first kappa shape index (κ1) is 11.6. The molecule has 1 aromatic carbocycles. The molecule has 2 N–H and O–H groups in total. The zero-order valence-electron chi connectivity index (χ0n) is 10.5. The van der Waals surface area contributed by atoms with Gasteiger partial charge in [-0.2, -0.15) is 0 Å². The van der Waals surface area contributed by atoms with Gasteiger partial charge in [-0.05, 0) is 54.7 Å². The summed E-state index contributed by atoms with van der Waals surface area (Å²) in [6.45, 7) is 3.25. The second kappa shape index (κ2) is 4.33. The average Bonchev–Trinajstić information content (AvgIpc) is 3.14. The Morgan fingerprint density at radius 1 is 1.35 bits per heavy atom. The molecule has 2 unspecified atom stereocenters. The Balaban J connectivity index is 1.78. The Hall–Kier alpha value is -0.470. The molecule has 0 radical (unpaired) electrons. The van der Waals surface area contributed by atoms with Gasteiger partial charge >= 0.3 is 0 Å². The number of rotatable bonds is 4. The first-order valence-electron chi connectivity index (χ1n) is 6.65. The molecule has 2 atom stereocenters. The molecule has 1 heterocycles. The summed E-state index contributed by atoms with van der Waals surface area (Å²) in [5.41, 5.74) is 7.98. The van der Waals surface area contributed by atoms with Crippen LogP contribution in [0.2, 0.25) is 0 Å². The summed E-state index contributed by atoms with van der Waals surface area (Å²) in [6.07, 6.45) is 4.07. The van der Waals surface area contributed by atoms with E-state index in [4.69, 9.17) is 5.73 Å². The minimum absolute atomic E-state index is 0.378. The van der Waals surface area contributed by atoms with Crippen molar-refractivity contribution in [2.75, 3.05) is 12.3 Å². The van der Waals surface area contributed by atoms with E-state index in [-0.39, 0.29) is 0 Å². The Morgan fingerprint density at radius 2 is 2.12 bits per heavy atom. The lowest BCUT2D eigenvalue weighted by atomic mass is 9.75. The van der Waals surface area contributed by atoms with Crippen LogP contribution in [0.25, 0.3) is 0 Å². The molecule has 0 aromatic heterocycles. The molecule has 1 fully saturated rings. The second-order valence-corrected chi connectivity index (χ2v) is 6.94. The minimum atomic E-state index is 0.378. The van der Waals surface area contributed by atoms with Crippen molar-refractivity contribution < 1.29 is 0 Å². The van der Waals surface area contributed by atoms with E-state index in [1.54, 1.807) is 5.56 Å². The maximum absolute atomic E-state index is 6.04. The van der Waals surface area contributed by atoms with Gasteiger partial charge < -0.3 is 5.73 Å². The minimum Gasteiger partial charge on any atom is -0.330 e. The molecular formula is C15H21NS. The first-order valence-corrected chi connectivity index (χ1v) is 7.63. The monoisotopic (exact) mass is 247 g/mol. The molecule has 0 saturated heterocycles. The molecule has 1 aliphatic heterocycles. The van der Waals surface area contributed by atoms with Crippen LogP contribution in [0, 0.1) is 11.3 Å². The molecule has 2 heteroatoms. The molecule has 2 aliphatic rings. The smallest absolute Gasteiger partial charge is 0.0107 e. The van der Waals surface area contributed by atoms with Crippen LogP contribution in [0.1, 0.15) is 37.7 Å². The topological polar surface area (TPSA) is 26.0 Å². The first-order chi connectivity index (χ1) is 8.23. The quantitative estimate of drug-likeness (QED) is 0.879. The third-order valence-corrected chi connectivity index (χ3v) is 5.79. The Labute approximate surface area is 108 Å². The largest absolute Gasteiger partial charge is 0.330 e. The van der Waals surface area contributed by atoms with E-state index in [0.717, 1.165) is 18.4 Å². The zero-order chi connectivity index (χ0) is 11.9. The van der Waals surface area contributed by atoms with Gasteiger partial charge in [0, 0.05) is 10.6 Å². The molecule has 1 nitrogen and oxygen atoms in total. The van der Waals surface area contributed by atoms with Gasteiger partial charge in [0.1, 0.15) is 0 Å². The summed E-state index contributed by atoms with van der Waals surface area (Å²) in [5, 5.41) is 0. The van der Waals surface area contributed by atoms with Gasteiger partial charge in [-0.25, -0.2) is 0 Å². The van der Waals surface area contributed by atoms with Crippen LogP contribution < -0.4 is 5.73 Å². The number of hydrogen-bond acceptors (Lipinski definition) is 2. The number of thioether (sulfide) groups is 1. The van der Waals surface area contributed by atoms with Crippen LogP contribution in [0.3, 0.4) is 0 Å². The molecule has 1 saturated carbocycles. The molecule has 3 rings (SSSR count). The lowest BCUT2D eigenvalue weighted by Gasteiger charge is -2.31. The lowest BCUT2D eigenvalue weighted by Crippen LogP contribution is -2.31. The van der Waals surface area contributed by atoms with Gasteiger partial charge in [0.2, 0.25) is 0 Å². The van der Waals surface area contributed by atoms with Crippen molar-refractivity contribution >= 4 is 11.8 Å². The van der Waals surface area contributed by atoms with Crippen molar-refractivity contribution in [3.63, 3.8) is 0 Å². The lowest BCUT2D eigenvalue weighted by molar-refractivity contribution is 0.244. The summed E-state index contributed by atoms with van der Waals surface area (Å²) in [5.74, 6) is 2.87. The van der Waals surface area contributed by atoms with Gasteiger partial charge in [-0.3, -0.25) is 0 Å². The van der Waals surface area contributed by atoms with Gasteiger partial charge in [-0.15, -0.1) is 11.8 Å². The van der Waals surface area contributed by atoms with Crippen molar-refractivity contribution in [2.24, 2.45) is 17.1 Å². The molecule has 1 aromatic rings. The normalized spacial score (nSPS) is 26.6. The van der Waals surface area contributed by atoms with Crippen LogP contribution >= 0.6 is 11.8 Å². The maximum atomic E-state index is 6.04. The maximum Gasteiger partial charge on any atom is 0.0107 e. The van der Waals surface area contributed by atoms with Gasteiger partial charge in [0.15, 0.2) is 0 Å². The number of nitrogens with two attached hydrogens (primary N) is 1. The Bertz CT molecular complexity index is 413. The van der Waals surface area contributed by atoms with Crippen molar-refractivity contribution in [2.45, 2.75) is 37.0 Å². The summed E-state index contributed by atoms with van der Waals surface area (Å²) in [4.78, 5) is 1.49. The SMILES string of the molecule is CC(CN)(CC1CSc2ccccc21)C1CC1. The fourth-order valence-corrected chi connectivity index (χ4v) is 4.41. The van der Waals surface area contributed by atoms with E-state index in [9.17, 15) is 0 Å². The van der Waals surface area contributed by atoms with Crippen LogP contribution in [0.5, 0.6) is 0 Å². The summed E-state index contributed by atoms with van der Waals surface area (Å²) in [7, 11) is 0. The molecule has 0 bridgehead atoms. The van der Waals surface area contributed by atoms with Crippen molar-refractivity contribution in [1.29, 1.82) is 0 Å². The summed E-state index contributed by atoms with van der Waals surface area (Å²) in [6, 6.07) is 8.90. The van der Waals surface area contributed by atoms with Crippen LogP contribution in [-0.4, -0.2) is 12.3 Å². The predicted molar refractivity (Wildman–Crippen MR) is 74.4 cm³/mol. The van der Waals surface area contributed by atoms with Gasteiger partial charge in [0.05, 0.1) is 0 Å². The standard InChI is InChI=1S/C15H21NS/c1-15(10-16,12-6-7-12)8-11-9-17-14-5-3-2-4-13(11)14/h2-5,11-12H,6-10,16H2,1H3. The van der Waals surface area contributed by atoms with Crippen molar-refractivity contribution in [3.05, 3.63) is 29.8 Å². The average molecular weight is 247 g/mol. The highest BCUT2D eigenvalue weighted by atomic mass is 32.2. The Kier molecular flexibility index (Phi) is 2.95. The van der Waals surface area contributed by atoms with E-state index in [2.05, 4.69) is 31.2 Å². The fourth-order valence-electron chi connectivity index (χ4n) is 3.16. The highest BCUT2D eigenvalue weighted by molar-refractivity contribution is 7.99.